The van der Waals surface area contributed by atoms with Crippen LogP contribution in [0.5, 0.6) is 0 Å². The van der Waals surface area contributed by atoms with Crippen LogP contribution in [0.1, 0.15) is 40.0 Å². The van der Waals surface area contributed by atoms with Crippen LogP contribution < -0.4 is 0 Å². The van der Waals surface area contributed by atoms with E-state index < -0.39 is 5.54 Å². The Hall–Kier alpha value is -0.600. The third-order valence-electron chi connectivity index (χ3n) is 2.36. The molecular formula is C7H15NO2. The highest BCUT2D eigenvalue weighted by Crippen LogP contribution is 2.22. The fourth-order valence-corrected chi connectivity index (χ4v) is 1.14. The second-order valence-electron chi connectivity index (χ2n) is 2.54. The van der Waals surface area contributed by atoms with Crippen LogP contribution in [0, 0.1) is 10.1 Å². The molecule has 0 aliphatic rings. The Kier molecular flexibility index (Phi) is 3.33. The molecule has 0 atom stereocenters. The molecule has 0 saturated carbocycles. The van der Waals surface area contributed by atoms with Crippen LogP contribution in [0.2, 0.25) is 0 Å². The zero-order chi connectivity index (χ0) is 8.20. The lowest BCUT2D eigenvalue weighted by Gasteiger charge is -2.19. The first kappa shape index (κ1) is 9.40. The summed E-state index contributed by atoms with van der Waals surface area (Å²) in [6.07, 6.45) is 1.90. The van der Waals surface area contributed by atoms with Crippen molar-refractivity contribution in [1.82, 2.24) is 0 Å². The monoisotopic (exact) mass is 145 g/mol. The van der Waals surface area contributed by atoms with E-state index in [-0.39, 0.29) is 4.92 Å². The van der Waals surface area contributed by atoms with Gasteiger partial charge in [0.15, 0.2) is 0 Å². The number of rotatable bonds is 4. The van der Waals surface area contributed by atoms with E-state index in [1.165, 1.54) is 0 Å². The highest BCUT2D eigenvalue weighted by atomic mass is 16.6. The van der Waals surface area contributed by atoms with Gasteiger partial charge in [0.1, 0.15) is 0 Å². The summed E-state index contributed by atoms with van der Waals surface area (Å²) in [6, 6.07) is 0. The van der Waals surface area contributed by atoms with E-state index in [2.05, 4.69) is 0 Å². The lowest BCUT2D eigenvalue weighted by Crippen LogP contribution is -2.35. The molecule has 60 valence electrons. The molecule has 0 bridgehead atoms. The Morgan fingerprint density at radius 3 is 1.50 bits per heavy atom. The lowest BCUT2D eigenvalue weighted by molar-refractivity contribution is -0.572. The van der Waals surface area contributed by atoms with Crippen LogP contribution in [0.25, 0.3) is 0 Å². The molecule has 0 aromatic carbocycles. The quantitative estimate of drug-likeness (QED) is 0.449. The first-order valence-corrected chi connectivity index (χ1v) is 3.77. The molecule has 10 heavy (non-hydrogen) atoms. The molecule has 0 saturated heterocycles. The first-order chi connectivity index (χ1) is 4.63. The Bertz CT molecular complexity index is 111. The standard InChI is InChI=1S/C7H15NO2/c1-4-7(5-2,6-3)8(9)10/h4-6H2,1-3H3. The molecule has 0 rings (SSSR count). The molecule has 3 nitrogen and oxygen atoms in total. The topological polar surface area (TPSA) is 43.1 Å². The van der Waals surface area contributed by atoms with Gasteiger partial charge in [0.25, 0.3) is 0 Å². The van der Waals surface area contributed by atoms with E-state index in [1.54, 1.807) is 0 Å². The molecule has 0 unspecified atom stereocenters. The van der Waals surface area contributed by atoms with E-state index >= 15 is 0 Å². The van der Waals surface area contributed by atoms with Crippen LogP contribution in [0.3, 0.4) is 0 Å². The average Bonchev–Trinajstić information content (AvgIpc) is 1.92. The minimum atomic E-state index is -0.653. The Labute approximate surface area is 61.6 Å². The molecule has 0 aliphatic heterocycles. The second-order valence-corrected chi connectivity index (χ2v) is 2.54. The summed E-state index contributed by atoms with van der Waals surface area (Å²) >= 11 is 0. The van der Waals surface area contributed by atoms with Crippen molar-refractivity contribution < 1.29 is 4.92 Å². The van der Waals surface area contributed by atoms with Gasteiger partial charge in [-0.2, -0.15) is 0 Å². The van der Waals surface area contributed by atoms with Crippen molar-refractivity contribution in [3.8, 4) is 0 Å². The smallest absolute Gasteiger partial charge is 0.221 e. The molecule has 0 fully saturated rings. The summed E-state index contributed by atoms with van der Waals surface area (Å²) in [5.74, 6) is 0. The Balaban J connectivity index is 4.31. The van der Waals surface area contributed by atoms with Crippen molar-refractivity contribution in [3.63, 3.8) is 0 Å². The van der Waals surface area contributed by atoms with Gasteiger partial charge in [0.05, 0.1) is 0 Å². The molecule has 0 heterocycles. The number of nitro groups is 1. The van der Waals surface area contributed by atoms with E-state index in [0.29, 0.717) is 19.3 Å². The molecule has 3 heteroatoms. The van der Waals surface area contributed by atoms with Crippen molar-refractivity contribution in [2.75, 3.05) is 0 Å². The molecule has 0 aromatic rings. The summed E-state index contributed by atoms with van der Waals surface area (Å²) in [4.78, 5) is 10.4. The van der Waals surface area contributed by atoms with Gasteiger partial charge in [-0.15, -0.1) is 0 Å². The van der Waals surface area contributed by atoms with Gasteiger partial charge in [-0.3, -0.25) is 10.1 Å². The maximum atomic E-state index is 10.5. The fourth-order valence-electron chi connectivity index (χ4n) is 1.14. The van der Waals surface area contributed by atoms with Crippen molar-refractivity contribution in [1.29, 1.82) is 0 Å². The number of hydrogen-bond acceptors (Lipinski definition) is 2. The van der Waals surface area contributed by atoms with Gasteiger partial charge in [-0.1, -0.05) is 20.8 Å². The third kappa shape index (κ3) is 1.46. The first-order valence-electron chi connectivity index (χ1n) is 3.77. The van der Waals surface area contributed by atoms with Crippen LogP contribution >= 0.6 is 0 Å². The molecular weight excluding hydrogens is 130 g/mol. The van der Waals surface area contributed by atoms with Crippen molar-refractivity contribution in [3.05, 3.63) is 10.1 Å². The van der Waals surface area contributed by atoms with E-state index in [4.69, 9.17) is 0 Å². The van der Waals surface area contributed by atoms with Crippen molar-refractivity contribution in [2.24, 2.45) is 0 Å². The highest BCUT2D eigenvalue weighted by molar-refractivity contribution is 4.73. The molecule has 0 N–H and O–H groups in total. The summed E-state index contributed by atoms with van der Waals surface area (Å²) in [7, 11) is 0. The van der Waals surface area contributed by atoms with Gasteiger partial charge in [-0.05, 0) is 0 Å². The van der Waals surface area contributed by atoms with Gasteiger partial charge in [0, 0.05) is 24.2 Å². The van der Waals surface area contributed by atoms with Gasteiger partial charge < -0.3 is 0 Å². The third-order valence-corrected chi connectivity index (χ3v) is 2.36. The summed E-state index contributed by atoms with van der Waals surface area (Å²) in [5.41, 5.74) is -0.653. The van der Waals surface area contributed by atoms with Gasteiger partial charge in [0.2, 0.25) is 5.54 Å². The van der Waals surface area contributed by atoms with Crippen LogP contribution in [-0.4, -0.2) is 10.5 Å². The maximum Gasteiger partial charge on any atom is 0.221 e. The van der Waals surface area contributed by atoms with Crippen LogP contribution in [-0.2, 0) is 0 Å². The van der Waals surface area contributed by atoms with Crippen molar-refractivity contribution >= 4 is 0 Å². The van der Waals surface area contributed by atoms with E-state index in [0.717, 1.165) is 0 Å². The molecule has 0 aliphatic carbocycles. The largest absolute Gasteiger partial charge is 0.264 e. The summed E-state index contributed by atoms with van der Waals surface area (Å²) in [5, 5.41) is 10.5. The normalized spacial score (nSPS) is 11.5. The van der Waals surface area contributed by atoms with E-state index in [1.807, 2.05) is 20.8 Å². The van der Waals surface area contributed by atoms with Crippen molar-refractivity contribution in [2.45, 2.75) is 45.6 Å². The molecule has 0 spiro atoms. The lowest BCUT2D eigenvalue weighted by atomic mass is 9.91. The predicted octanol–water partition coefficient (Wildman–Crippen LogP) is 2.23. The van der Waals surface area contributed by atoms with Gasteiger partial charge >= 0.3 is 0 Å². The predicted molar refractivity (Wildman–Crippen MR) is 40.6 cm³/mol. The number of nitrogens with zero attached hydrogens (tertiary/aromatic N) is 1. The zero-order valence-electron chi connectivity index (χ0n) is 6.89. The minimum absolute atomic E-state index is 0.146. The summed E-state index contributed by atoms with van der Waals surface area (Å²) < 4.78 is 0. The second kappa shape index (κ2) is 3.54. The summed E-state index contributed by atoms with van der Waals surface area (Å²) in [6.45, 7) is 5.61. The average molecular weight is 145 g/mol. The fraction of sp³-hybridized carbons (Fsp3) is 1.00. The minimum Gasteiger partial charge on any atom is -0.264 e. The maximum absolute atomic E-state index is 10.5. The zero-order valence-corrected chi connectivity index (χ0v) is 6.89. The van der Waals surface area contributed by atoms with Crippen LogP contribution in [0.4, 0.5) is 0 Å². The van der Waals surface area contributed by atoms with E-state index in [9.17, 15) is 10.1 Å². The Morgan fingerprint density at radius 1 is 1.20 bits per heavy atom. The number of hydrogen-bond donors (Lipinski definition) is 0. The van der Waals surface area contributed by atoms with Gasteiger partial charge in [-0.25, -0.2) is 0 Å². The Morgan fingerprint density at radius 2 is 1.50 bits per heavy atom. The molecule has 0 radical (unpaired) electrons. The SMILES string of the molecule is CCC(CC)(CC)[N+](=O)[O-]. The molecule has 0 aromatic heterocycles. The highest BCUT2D eigenvalue weighted by Gasteiger charge is 2.36. The van der Waals surface area contributed by atoms with Crippen LogP contribution in [0.15, 0.2) is 0 Å². The molecule has 0 amide bonds.